The molecule has 1 aromatic heterocycles. The van der Waals surface area contributed by atoms with Crippen LogP contribution in [0.5, 0.6) is 0 Å². The second kappa shape index (κ2) is 9.16. The van der Waals surface area contributed by atoms with Gasteiger partial charge in [-0.2, -0.15) is 0 Å². The molecular formula is C24H28N2O5S. The smallest absolute Gasteiger partial charge is 0.303 e. The Bertz CT molecular complexity index is 1230. The highest BCUT2D eigenvalue weighted by molar-refractivity contribution is 7.91. The fraction of sp³-hybridized carbons (Fsp3) is 0.333. The summed E-state index contributed by atoms with van der Waals surface area (Å²) in [7, 11) is -3.50. The van der Waals surface area contributed by atoms with Crippen LogP contribution in [0.25, 0.3) is 6.08 Å². The molecule has 0 saturated carbocycles. The zero-order valence-electron chi connectivity index (χ0n) is 18.7. The van der Waals surface area contributed by atoms with Crippen LogP contribution in [0.1, 0.15) is 47.8 Å². The normalized spacial score (nSPS) is 15.5. The molecule has 3 N–H and O–H groups in total. The number of hydrogen-bond donors (Lipinski definition) is 3. The summed E-state index contributed by atoms with van der Waals surface area (Å²) >= 11 is 0. The Balaban J connectivity index is 1.81. The summed E-state index contributed by atoms with van der Waals surface area (Å²) in [6.07, 6.45) is 2.42. The van der Waals surface area contributed by atoms with E-state index in [1.165, 1.54) is 0 Å². The van der Waals surface area contributed by atoms with Gasteiger partial charge >= 0.3 is 5.97 Å². The van der Waals surface area contributed by atoms with Gasteiger partial charge in [0.05, 0.1) is 10.6 Å². The Labute approximate surface area is 188 Å². The molecule has 2 heterocycles. The number of H-pyrrole nitrogens is 1. The fourth-order valence-electron chi connectivity index (χ4n) is 3.88. The largest absolute Gasteiger partial charge is 0.481 e. The summed E-state index contributed by atoms with van der Waals surface area (Å²) in [6, 6.07) is 6.69. The van der Waals surface area contributed by atoms with E-state index in [0.29, 0.717) is 23.3 Å². The van der Waals surface area contributed by atoms with Crippen LogP contribution in [0, 0.1) is 20.8 Å². The molecule has 0 saturated heterocycles. The van der Waals surface area contributed by atoms with Gasteiger partial charge in [-0.05, 0) is 75.4 Å². The van der Waals surface area contributed by atoms with Crippen LogP contribution in [-0.2, 0) is 25.8 Å². The maximum absolute atomic E-state index is 12.7. The molecule has 0 atom stereocenters. The highest BCUT2D eigenvalue weighted by atomic mass is 32.2. The monoisotopic (exact) mass is 456 g/mol. The van der Waals surface area contributed by atoms with Crippen LogP contribution < -0.4 is 5.32 Å². The Hall–Kier alpha value is -3.13. The maximum Gasteiger partial charge on any atom is 0.303 e. The van der Waals surface area contributed by atoms with Crippen LogP contribution in [0.2, 0.25) is 0 Å². The number of hydrogen-bond acceptors (Lipinski definition) is 4. The summed E-state index contributed by atoms with van der Waals surface area (Å²) in [5.74, 6) is -1.29. The first-order chi connectivity index (χ1) is 15.0. The standard InChI is InChI=1S/C24H28N2O5S/c1-14-5-7-18(8-6-14)32(30,31)12-11-20-16(3)22(26-24(20)29)13-21-15(2)19(17(4)25-21)9-10-23(27)28/h5-8,13,25H,9-12H2,1-4H3,(H,26,29)(H,27,28)/b22-13-. The molecule has 1 aliphatic rings. The number of sulfone groups is 1. The summed E-state index contributed by atoms with van der Waals surface area (Å²) < 4.78 is 25.3. The first-order valence-corrected chi connectivity index (χ1v) is 12.1. The molecule has 0 radical (unpaired) electrons. The third-order valence-corrected chi connectivity index (χ3v) is 7.62. The number of allylic oxidation sites excluding steroid dienone is 1. The Morgan fingerprint density at radius 1 is 1.06 bits per heavy atom. The average Bonchev–Trinajstić information content (AvgIpc) is 3.13. The number of carbonyl (C=O) groups is 2. The van der Waals surface area contributed by atoms with E-state index in [1.54, 1.807) is 31.2 Å². The number of benzene rings is 1. The zero-order valence-corrected chi connectivity index (χ0v) is 19.5. The number of aryl methyl sites for hydroxylation is 2. The highest BCUT2D eigenvalue weighted by Crippen LogP contribution is 2.28. The van der Waals surface area contributed by atoms with Crippen LogP contribution in [0.3, 0.4) is 0 Å². The topological polar surface area (TPSA) is 116 Å². The molecule has 0 bridgehead atoms. The predicted octanol–water partition coefficient (Wildman–Crippen LogP) is 3.61. The van der Waals surface area contributed by atoms with Gasteiger partial charge in [-0.15, -0.1) is 0 Å². The summed E-state index contributed by atoms with van der Waals surface area (Å²) in [5.41, 5.74) is 6.35. The lowest BCUT2D eigenvalue weighted by molar-refractivity contribution is -0.137. The first kappa shape index (κ1) is 23.5. The van der Waals surface area contributed by atoms with Gasteiger partial charge in [0.25, 0.3) is 5.91 Å². The lowest BCUT2D eigenvalue weighted by Crippen LogP contribution is -2.18. The molecule has 1 aromatic carbocycles. The van der Waals surface area contributed by atoms with E-state index in [9.17, 15) is 18.0 Å². The van der Waals surface area contributed by atoms with E-state index in [0.717, 1.165) is 28.1 Å². The van der Waals surface area contributed by atoms with E-state index in [1.807, 2.05) is 26.8 Å². The van der Waals surface area contributed by atoms with E-state index in [4.69, 9.17) is 5.11 Å². The molecule has 2 aromatic rings. The fourth-order valence-corrected chi connectivity index (χ4v) is 5.14. The van der Waals surface area contributed by atoms with Crippen molar-refractivity contribution in [3.05, 3.63) is 69.2 Å². The van der Waals surface area contributed by atoms with Gasteiger partial charge in [0.2, 0.25) is 0 Å². The van der Waals surface area contributed by atoms with Gasteiger partial charge in [0.15, 0.2) is 9.84 Å². The van der Waals surface area contributed by atoms with Gasteiger partial charge in [0.1, 0.15) is 0 Å². The number of aliphatic carboxylic acids is 1. The number of aromatic nitrogens is 1. The zero-order chi connectivity index (χ0) is 23.6. The second-order valence-electron chi connectivity index (χ2n) is 8.16. The van der Waals surface area contributed by atoms with Crippen molar-refractivity contribution in [1.29, 1.82) is 0 Å². The van der Waals surface area contributed by atoms with Crippen LogP contribution in [0.15, 0.2) is 46.0 Å². The lowest BCUT2D eigenvalue weighted by Gasteiger charge is -2.05. The SMILES string of the molecule is CC1=C(CCS(=O)(=O)c2ccc(C)cc2)C(=O)N/C1=C\c1[nH]c(C)c(CCC(=O)O)c1C. The van der Waals surface area contributed by atoms with Crippen molar-refractivity contribution >= 4 is 27.8 Å². The van der Waals surface area contributed by atoms with Crippen molar-refractivity contribution in [2.75, 3.05) is 5.75 Å². The number of carboxylic acid groups (broad SMARTS) is 1. The van der Waals surface area contributed by atoms with Crippen molar-refractivity contribution in [3.63, 3.8) is 0 Å². The van der Waals surface area contributed by atoms with Crippen LogP contribution in [-0.4, -0.2) is 36.1 Å². The van der Waals surface area contributed by atoms with Crippen molar-refractivity contribution in [3.8, 4) is 0 Å². The highest BCUT2D eigenvalue weighted by Gasteiger charge is 2.26. The minimum atomic E-state index is -3.50. The first-order valence-electron chi connectivity index (χ1n) is 10.4. The number of rotatable bonds is 8. The molecular weight excluding hydrogens is 428 g/mol. The van der Waals surface area contributed by atoms with Crippen LogP contribution in [0.4, 0.5) is 0 Å². The predicted molar refractivity (Wildman–Crippen MR) is 123 cm³/mol. The summed E-state index contributed by atoms with van der Waals surface area (Å²) in [4.78, 5) is 27.0. The molecule has 0 unspecified atom stereocenters. The quantitative estimate of drug-likeness (QED) is 0.561. The Kier molecular flexibility index (Phi) is 6.74. The van der Waals surface area contributed by atoms with Gasteiger partial charge < -0.3 is 15.4 Å². The number of aromatic amines is 1. The lowest BCUT2D eigenvalue weighted by atomic mass is 10.0. The van der Waals surface area contributed by atoms with Gasteiger partial charge in [0, 0.05) is 29.1 Å². The summed E-state index contributed by atoms with van der Waals surface area (Å²) in [6.45, 7) is 7.50. The number of carbonyl (C=O) groups excluding carboxylic acids is 1. The maximum atomic E-state index is 12.7. The van der Waals surface area contributed by atoms with Crippen molar-refractivity contribution in [1.82, 2.24) is 10.3 Å². The molecule has 1 amide bonds. The minimum Gasteiger partial charge on any atom is -0.481 e. The van der Waals surface area contributed by atoms with E-state index < -0.39 is 15.8 Å². The van der Waals surface area contributed by atoms with E-state index in [-0.39, 0.29) is 29.4 Å². The molecule has 1 aliphatic heterocycles. The molecule has 0 fully saturated rings. The third-order valence-electron chi connectivity index (χ3n) is 5.89. The average molecular weight is 457 g/mol. The second-order valence-corrected chi connectivity index (χ2v) is 10.3. The molecule has 3 rings (SSSR count). The van der Waals surface area contributed by atoms with Gasteiger partial charge in [-0.3, -0.25) is 9.59 Å². The third kappa shape index (κ3) is 5.02. The van der Waals surface area contributed by atoms with Gasteiger partial charge in [-0.25, -0.2) is 8.42 Å². The van der Waals surface area contributed by atoms with Crippen LogP contribution >= 0.6 is 0 Å². The summed E-state index contributed by atoms with van der Waals surface area (Å²) in [5, 5.41) is 11.8. The molecule has 7 nitrogen and oxygen atoms in total. The van der Waals surface area contributed by atoms with Crippen molar-refractivity contribution < 1.29 is 23.1 Å². The molecule has 8 heteroatoms. The number of nitrogens with one attached hydrogen (secondary N) is 2. The van der Waals surface area contributed by atoms with Crippen molar-refractivity contribution in [2.24, 2.45) is 0 Å². The molecule has 0 aliphatic carbocycles. The Morgan fingerprint density at radius 3 is 2.34 bits per heavy atom. The van der Waals surface area contributed by atoms with Gasteiger partial charge in [-0.1, -0.05) is 17.7 Å². The van der Waals surface area contributed by atoms with E-state index >= 15 is 0 Å². The molecule has 0 spiro atoms. The number of carboxylic acids is 1. The molecule has 170 valence electrons. The Morgan fingerprint density at radius 2 is 1.72 bits per heavy atom. The number of amides is 1. The van der Waals surface area contributed by atoms with E-state index in [2.05, 4.69) is 10.3 Å². The molecule has 32 heavy (non-hydrogen) atoms. The van der Waals surface area contributed by atoms with Crippen molar-refractivity contribution in [2.45, 2.75) is 51.9 Å². The minimum absolute atomic E-state index is 0.0464.